The number of aromatic nitrogens is 3. The molecule has 1 fully saturated rings. The van der Waals surface area contributed by atoms with Crippen LogP contribution in [0.4, 0.5) is 0 Å². The Bertz CT molecular complexity index is 787. The highest BCUT2D eigenvalue weighted by molar-refractivity contribution is 5.34. The Labute approximate surface area is 154 Å². The van der Waals surface area contributed by atoms with Crippen LogP contribution < -0.4 is 0 Å². The van der Waals surface area contributed by atoms with Crippen molar-refractivity contribution in [1.82, 2.24) is 19.4 Å². The van der Waals surface area contributed by atoms with E-state index < -0.39 is 0 Å². The van der Waals surface area contributed by atoms with Gasteiger partial charge in [0, 0.05) is 37.4 Å². The van der Waals surface area contributed by atoms with Gasteiger partial charge >= 0.3 is 0 Å². The van der Waals surface area contributed by atoms with E-state index in [0.29, 0.717) is 6.61 Å². The number of nitrogens with zero attached hydrogens (tertiary/aromatic N) is 4. The van der Waals surface area contributed by atoms with E-state index in [9.17, 15) is 0 Å². The minimum atomic E-state index is 0.288. The zero-order valence-corrected chi connectivity index (χ0v) is 14.9. The van der Waals surface area contributed by atoms with Crippen LogP contribution in [0, 0.1) is 0 Å². The predicted octanol–water partition coefficient (Wildman–Crippen LogP) is 3.45. The molecule has 1 saturated heterocycles. The Balaban J connectivity index is 1.30. The molecule has 0 saturated carbocycles. The molecular formula is C21H24N4O. The quantitative estimate of drug-likeness (QED) is 0.684. The van der Waals surface area contributed by atoms with Crippen molar-refractivity contribution in [2.75, 3.05) is 13.1 Å². The molecule has 0 N–H and O–H groups in total. The Morgan fingerprint density at radius 1 is 1.08 bits per heavy atom. The molecule has 26 heavy (non-hydrogen) atoms. The third-order valence-corrected chi connectivity index (χ3v) is 4.80. The molecule has 134 valence electrons. The van der Waals surface area contributed by atoms with Crippen LogP contribution in [-0.4, -0.2) is 38.6 Å². The molecule has 0 bridgehead atoms. The number of hydrogen-bond donors (Lipinski definition) is 0. The molecule has 0 amide bonds. The van der Waals surface area contributed by atoms with Gasteiger partial charge in [-0.2, -0.15) is 0 Å². The molecule has 1 aliphatic rings. The molecule has 3 heterocycles. The summed E-state index contributed by atoms with van der Waals surface area (Å²) in [5.41, 5.74) is 3.47. The molecule has 1 atom stereocenters. The van der Waals surface area contributed by atoms with Crippen LogP contribution in [0.1, 0.15) is 24.1 Å². The molecular weight excluding hydrogens is 324 g/mol. The van der Waals surface area contributed by atoms with Gasteiger partial charge in [0.25, 0.3) is 0 Å². The van der Waals surface area contributed by atoms with Gasteiger partial charge in [-0.05, 0) is 49.2 Å². The Morgan fingerprint density at radius 3 is 2.77 bits per heavy atom. The highest BCUT2D eigenvalue weighted by Gasteiger charge is 2.20. The van der Waals surface area contributed by atoms with Crippen molar-refractivity contribution in [3.63, 3.8) is 0 Å². The molecule has 0 radical (unpaired) electrons. The third kappa shape index (κ3) is 4.36. The summed E-state index contributed by atoms with van der Waals surface area (Å²) in [6.07, 6.45) is 10.00. The van der Waals surface area contributed by atoms with Gasteiger partial charge in [0.15, 0.2) is 0 Å². The molecule has 5 heteroatoms. The maximum absolute atomic E-state index is 6.09. The Kier molecular flexibility index (Phi) is 5.38. The Hall–Kier alpha value is -2.50. The molecule has 3 aromatic rings. The highest BCUT2D eigenvalue weighted by Crippen LogP contribution is 2.18. The third-order valence-electron chi connectivity index (χ3n) is 4.80. The summed E-state index contributed by atoms with van der Waals surface area (Å²) in [6, 6.07) is 14.7. The van der Waals surface area contributed by atoms with Gasteiger partial charge in [0.2, 0.25) is 0 Å². The van der Waals surface area contributed by atoms with Gasteiger partial charge in [-0.1, -0.05) is 18.2 Å². The van der Waals surface area contributed by atoms with E-state index >= 15 is 0 Å². The topological polar surface area (TPSA) is 43.2 Å². The second-order valence-electron chi connectivity index (χ2n) is 6.77. The normalized spacial score (nSPS) is 18.1. The molecule has 0 spiro atoms. The average Bonchev–Trinajstić information content (AvgIpc) is 3.23. The van der Waals surface area contributed by atoms with E-state index in [1.807, 2.05) is 41.5 Å². The molecule has 0 aliphatic carbocycles. The van der Waals surface area contributed by atoms with E-state index in [2.05, 4.69) is 39.1 Å². The summed E-state index contributed by atoms with van der Waals surface area (Å²) in [7, 11) is 0. The first-order valence-electron chi connectivity index (χ1n) is 9.18. The predicted molar refractivity (Wildman–Crippen MR) is 101 cm³/mol. The first kappa shape index (κ1) is 16.9. The van der Waals surface area contributed by atoms with Gasteiger partial charge in [0.1, 0.15) is 0 Å². The number of ether oxygens (including phenoxy) is 1. The second kappa shape index (κ2) is 8.25. The fourth-order valence-corrected chi connectivity index (χ4v) is 3.42. The van der Waals surface area contributed by atoms with Gasteiger partial charge < -0.3 is 9.30 Å². The number of likely N-dealkylation sites (tertiary alicyclic amines) is 1. The minimum Gasteiger partial charge on any atom is -0.371 e. The van der Waals surface area contributed by atoms with Crippen LogP contribution in [0.3, 0.4) is 0 Å². The number of piperidine rings is 1. The van der Waals surface area contributed by atoms with Crippen LogP contribution in [0.15, 0.2) is 67.4 Å². The second-order valence-corrected chi connectivity index (χ2v) is 6.77. The number of imidazole rings is 1. The van der Waals surface area contributed by atoms with E-state index in [4.69, 9.17) is 4.74 Å². The van der Waals surface area contributed by atoms with Gasteiger partial charge in [-0.15, -0.1) is 0 Å². The molecule has 4 rings (SSSR count). The van der Waals surface area contributed by atoms with E-state index in [1.54, 1.807) is 6.20 Å². The highest BCUT2D eigenvalue weighted by atomic mass is 16.5. The zero-order chi connectivity index (χ0) is 17.6. The largest absolute Gasteiger partial charge is 0.371 e. The van der Waals surface area contributed by atoms with Crippen LogP contribution in [-0.2, 0) is 17.9 Å². The maximum atomic E-state index is 6.09. The van der Waals surface area contributed by atoms with Gasteiger partial charge in [-0.3, -0.25) is 9.88 Å². The van der Waals surface area contributed by atoms with E-state index in [1.165, 1.54) is 12.0 Å². The molecule has 5 nitrogen and oxygen atoms in total. The van der Waals surface area contributed by atoms with Crippen molar-refractivity contribution < 1.29 is 4.74 Å². The summed E-state index contributed by atoms with van der Waals surface area (Å²) in [5, 5.41) is 0. The summed E-state index contributed by atoms with van der Waals surface area (Å²) >= 11 is 0. The van der Waals surface area contributed by atoms with Crippen LogP contribution in [0.25, 0.3) is 5.69 Å². The van der Waals surface area contributed by atoms with Crippen LogP contribution in [0.5, 0.6) is 0 Å². The fourth-order valence-electron chi connectivity index (χ4n) is 3.42. The number of rotatable bonds is 6. The van der Waals surface area contributed by atoms with Crippen molar-refractivity contribution in [3.05, 3.63) is 78.6 Å². The van der Waals surface area contributed by atoms with Crippen LogP contribution >= 0.6 is 0 Å². The Morgan fingerprint density at radius 2 is 2.00 bits per heavy atom. The maximum Gasteiger partial charge on any atom is 0.0991 e. The molecule has 1 aromatic carbocycles. The number of hydrogen-bond acceptors (Lipinski definition) is 4. The minimum absolute atomic E-state index is 0.288. The zero-order valence-electron chi connectivity index (χ0n) is 14.9. The SMILES string of the molecule is c1ccc(CO[C@H]2CCCN(Cc3ccc(-n4ccnc4)cc3)C2)nc1. The first-order chi connectivity index (χ1) is 12.9. The lowest BCUT2D eigenvalue weighted by Crippen LogP contribution is -2.39. The molecule has 0 unspecified atom stereocenters. The van der Waals surface area contributed by atoms with Crippen molar-refractivity contribution >= 4 is 0 Å². The van der Waals surface area contributed by atoms with Crippen molar-refractivity contribution in [1.29, 1.82) is 0 Å². The molecule has 2 aromatic heterocycles. The summed E-state index contributed by atoms with van der Waals surface area (Å²) in [6.45, 7) is 3.68. The smallest absolute Gasteiger partial charge is 0.0991 e. The fraction of sp³-hybridized carbons (Fsp3) is 0.333. The van der Waals surface area contributed by atoms with Crippen molar-refractivity contribution in [2.24, 2.45) is 0 Å². The van der Waals surface area contributed by atoms with Crippen LogP contribution in [0.2, 0.25) is 0 Å². The number of benzene rings is 1. The lowest BCUT2D eigenvalue weighted by molar-refractivity contribution is -0.0132. The van der Waals surface area contributed by atoms with Crippen molar-refractivity contribution in [2.45, 2.75) is 32.1 Å². The lowest BCUT2D eigenvalue weighted by atomic mass is 10.1. The van der Waals surface area contributed by atoms with E-state index in [-0.39, 0.29) is 6.10 Å². The number of pyridine rings is 1. The molecule has 1 aliphatic heterocycles. The van der Waals surface area contributed by atoms with Gasteiger partial charge in [0.05, 0.1) is 24.7 Å². The summed E-state index contributed by atoms with van der Waals surface area (Å²) in [5.74, 6) is 0. The first-order valence-corrected chi connectivity index (χ1v) is 9.18. The standard InChI is InChI=1S/C21H24N4O/c1-2-10-23-19(4-1)16-26-21-5-3-12-24(15-21)14-18-6-8-20(9-7-18)25-13-11-22-17-25/h1-2,4,6-11,13,17,21H,3,5,12,14-16H2/t21-/m0/s1. The monoisotopic (exact) mass is 348 g/mol. The summed E-state index contributed by atoms with van der Waals surface area (Å²) in [4.78, 5) is 10.9. The van der Waals surface area contributed by atoms with Crippen molar-refractivity contribution in [3.8, 4) is 5.69 Å². The van der Waals surface area contributed by atoms with Gasteiger partial charge in [-0.25, -0.2) is 4.98 Å². The lowest BCUT2D eigenvalue weighted by Gasteiger charge is -2.32. The summed E-state index contributed by atoms with van der Waals surface area (Å²) < 4.78 is 8.11. The average molecular weight is 348 g/mol. The van der Waals surface area contributed by atoms with E-state index in [0.717, 1.165) is 37.4 Å².